The highest BCUT2D eigenvalue weighted by Crippen LogP contribution is 2.23. The Kier molecular flexibility index (Phi) is 2.82. The molecule has 0 aliphatic heterocycles. The number of amides is 1. The van der Waals surface area contributed by atoms with Gasteiger partial charge in [-0.2, -0.15) is 0 Å². The van der Waals surface area contributed by atoms with Crippen LogP contribution in [0.15, 0.2) is 35.1 Å². The summed E-state index contributed by atoms with van der Waals surface area (Å²) in [6.45, 7) is -0.156. The normalized spacial score (nSPS) is 10.4. The zero-order chi connectivity index (χ0) is 12.4. The molecule has 2 rings (SSSR count). The molecule has 0 spiro atoms. The summed E-state index contributed by atoms with van der Waals surface area (Å²) >= 11 is 0. The van der Waals surface area contributed by atoms with Crippen molar-refractivity contribution in [3.63, 3.8) is 0 Å². The fourth-order valence-electron chi connectivity index (χ4n) is 1.80. The smallest absolute Gasteiger partial charge is 0.251 e. The SMILES string of the molecule is COc1cccc2ccc(=O)n(CC(N)=O)c12. The summed E-state index contributed by atoms with van der Waals surface area (Å²) in [5.41, 5.74) is 5.44. The molecule has 5 nitrogen and oxygen atoms in total. The third-order valence-electron chi connectivity index (χ3n) is 2.51. The van der Waals surface area contributed by atoms with Gasteiger partial charge in [-0.25, -0.2) is 0 Å². The minimum absolute atomic E-state index is 0.156. The Bertz CT molecular complexity index is 631. The predicted molar refractivity (Wildman–Crippen MR) is 64.0 cm³/mol. The Morgan fingerprint density at radius 1 is 1.35 bits per heavy atom. The first-order valence-electron chi connectivity index (χ1n) is 5.08. The molecule has 0 bridgehead atoms. The van der Waals surface area contributed by atoms with Gasteiger partial charge in [0.1, 0.15) is 12.3 Å². The van der Waals surface area contributed by atoms with E-state index in [1.165, 1.54) is 17.7 Å². The Morgan fingerprint density at radius 2 is 2.12 bits per heavy atom. The average Bonchev–Trinajstić information content (AvgIpc) is 2.31. The van der Waals surface area contributed by atoms with Gasteiger partial charge in [0.15, 0.2) is 0 Å². The van der Waals surface area contributed by atoms with Gasteiger partial charge < -0.3 is 10.5 Å². The van der Waals surface area contributed by atoms with Crippen LogP contribution in [0.3, 0.4) is 0 Å². The van der Waals surface area contributed by atoms with Gasteiger partial charge in [-0.05, 0) is 12.1 Å². The van der Waals surface area contributed by atoms with Crippen LogP contribution in [-0.4, -0.2) is 17.6 Å². The first-order chi connectivity index (χ1) is 8.13. The minimum Gasteiger partial charge on any atom is -0.495 e. The van der Waals surface area contributed by atoms with Crippen molar-refractivity contribution < 1.29 is 9.53 Å². The minimum atomic E-state index is -0.564. The quantitative estimate of drug-likeness (QED) is 0.837. The van der Waals surface area contributed by atoms with E-state index in [2.05, 4.69) is 0 Å². The zero-order valence-electron chi connectivity index (χ0n) is 9.34. The van der Waals surface area contributed by atoms with Gasteiger partial charge in [0.2, 0.25) is 5.91 Å². The van der Waals surface area contributed by atoms with Crippen LogP contribution in [0.4, 0.5) is 0 Å². The number of carbonyl (C=O) groups excluding carboxylic acids is 1. The maximum Gasteiger partial charge on any atom is 0.251 e. The lowest BCUT2D eigenvalue weighted by molar-refractivity contribution is -0.118. The van der Waals surface area contributed by atoms with Crippen molar-refractivity contribution in [1.82, 2.24) is 4.57 Å². The molecule has 1 amide bonds. The van der Waals surface area contributed by atoms with Gasteiger partial charge in [-0.3, -0.25) is 14.2 Å². The van der Waals surface area contributed by atoms with Gasteiger partial charge in [-0.1, -0.05) is 12.1 Å². The molecule has 1 aromatic carbocycles. The number of rotatable bonds is 3. The molecule has 2 aromatic rings. The Hall–Kier alpha value is -2.30. The third kappa shape index (κ3) is 1.99. The number of hydrogen-bond acceptors (Lipinski definition) is 3. The number of benzene rings is 1. The maximum absolute atomic E-state index is 11.7. The van der Waals surface area contributed by atoms with E-state index in [0.29, 0.717) is 11.3 Å². The van der Waals surface area contributed by atoms with E-state index in [4.69, 9.17) is 10.5 Å². The predicted octanol–water partition coefficient (Wildman–Crippen LogP) is 0.495. The molecule has 1 heterocycles. The van der Waals surface area contributed by atoms with Crippen LogP contribution in [0.2, 0.25) is 0 Å². The summed E-state index contributed by atoms with van der Waals surface area (Å²) in [6.07, 6.45) is 0. The molecule has 0 fully saturated rings. The molecule has 88 valence electrons. The molecule has 2 N–H and O–H groups in total. The Balaban J connectivity index is 2.82. The maximum atomic E-state index is 11.7. The molecule has 0 saturated carbocycles. The highest BCUT2D eigenvalue weighted by atomic mass is 16.5. The van der Waals surface area contributed by atoms with Crippen LogP contribution in [0.5, 0.6) is 5.75 Å². The van der Waals surface area contributed by atoms with Crippen molar-refractivity contribution in [2.24, 2.45) is 5.73 Å². The fourth-order valence-corrected chi connectivity index (χ4v) is 1.80. The highest BCUT2D eigenvalue weighted by molar-refractivity contribution is 5.86. The molecule has 0 unspecified atom stereocenters. The average molecular weight is 232 g/mol. The summed E-state index contributed by atoms with van der Waals surface area (Å²) < 4.78 is 6.51. The largest absolute Gasteiger partial charge is 0.495 e. The number of pyridine rings is 1. The number of primary amides is 1. The molecular formula is C12H12N2O3. The van der Waals surface area contributed by atoms with E-state index in [0.717, 1.165) is 5.39 Å². The number of para-hydroxylation sites is 1. The van der Waals surface area contributed by atoms with Crippen molar-refractivity contribution in [2.75, 3.05) is 7.11 Å². The van der Waals surface area contributed by atoms with Crippen LogP contribution in [0.1, 0.15) is 0 Å². The van der Waals surface area contributed by atoms with Crippen LogP contribution in [0, 0.1) is 0 Å². The zero-order valence-corrected chi connectivity index (χ0v) is 9.34. The molecule has 17 heavy (non-hydrogen) atoms. The lowest BCUT2D eigenvalue weighted by Gasteiger charge is -2.11. The van der Waals surface area contributed by atoms with E-state index in [1.807, 2.05) is 12.1 Å². The van der Waals surface area contributed by atoms with Gasteiger partial charge in [0, 0.05) is 11.5 Å². The van der Waals surface area contributed by atoms with Crippen LogP contribution < -0.4 is 16.0 Å². The number of nitrogens with zero attached hydrogens (tertiary/aromatic N) is 1. The standard InChI is InChI=1S/C12H12N2O3/c1-17-9-4-2-3-8-5-6-11(16)14(12(8)9)7-10(13)15/h2-6H,7H2,1H3,(H2,13,15). The van der Waals surface area contributed by atoms with Crippen LogP contribution >= 0.6 is 0 Å². The second kappa shape index (κ2) is 4.29. The van der Waals surface area contributed by atoms with Crippen molar-refractivity contribution in [2.45, 2.75) is 6.54 Å². The molecule has 5 heteroatoms. The van der Waals surface area contributed by atoms with Gasteiger partial charge >= 0.3 is 0 Å². The lowest BCUT2D eigenvalue weighted by Crippen LogP contribution is -2.27. The molecular weight excluding hydrogens is 220 g/mol. The first-order valence-corrected chi connectivity index (χ1v) is 5.08. The van der Waals surface area contributed by atoms with Crippen molar-refractivity contribution in [1.29, 1.82) is 0 Å². The Morgan fingerprint density at radius 3 is 2.76 bits per heavy atom. The van der Waals surface area contributed by atoms with Crippen LogP contribution in [-0.2, 0) is 11.3 Å². The Labute approximate surface area is 97.4 Å². The summed E-state index contributed by atoms with van der Waals surface area (Å²) in [5, 5.41) is 0.824. The molecule has 0 saturated heterocycles. The molecule has 1 aromatic heterocycles. The van der Waals surface area contributed by atoms with E-state index in [9.17, 15) is 9.59 Å². The van der Waals surface area contributed by atoms with Gasteiger partial charge in [0.25, 0.3) is 5.56 Å². The number of hydrogen-bond donors (Lipinski definition) is 1. The number of carbonyl (C=O) groups is 1. The second-order valence-corrected chi connectivity index (χ2v) is 3.62. The van der Waals surface area contributed by atoms with Crippen LogP contribution in [0.25, 0.3) is 10.9 Å². The van der Waals surface area contributed by atoms with Gasteiger partial charge in [0.05, 0.1) is 12.6 Å². The summed E-state index contributed by atoms with van der Waals surface area (Å²) in [7, 11) is 1.51. The van der Waals surface area contributed by atoms with E-state index < -0.39 is 5.91 Å². The molecule has 0 atom stereocenters. The number of methoxy groups -OCH3 is 1. The summed E-state index contributed by atoms with van der Waals surface area (Å²) in [5.74, 6) is -0.0213. The second-order valence-electron chi connectivity index (χ2n) is 3.62. The van der Waals surface area contributed by atoms with Gasteiger partial charge in [-0.15, -0.1) is 0 Å². The summed E-state index contributed by atoms with van der Waals surface area (Å²) in [4.78, 5) is 22.7. The highest BCUT2D eigenvalue weighted by Gasteiger charge is 2.09. The topological polar surface area (TPSA) is 74.3 Å². The van der Waals surface area contributed by atoms with Crippen molar-refractivity contribution >= 4 is 16.8 Å². The first kappa shape index (κ1) is 11.2. The molecule has 0 aliphatic carbocycles. The van der Waals surface area contributed by atoms with E-state index in [1.54, 1.807) is 12.1 Å². The monoisotopic (exact) mass is 232 g/mol. The van der Waals surface area contributed by atoms with E-state index in [-0.39, 0.29) is 12.1 Å². The lowest BCUT2D eigenvalue weighted by atomic mass is 10.2. The number of fused-ring (bicyclic) bond motifs is 1. The summed E-state index contributed by atoms with van der Waals surface area (Å²) in [6, 6.07) is 8.50. The fraction of sp³-hybridized carbons (Fsp3) is 0.167. The van der Waals surface area contributed by atoms with E-state index >= 15 is 0 Å². The van der Waals surface area contributed by atoms with Crippen molar-refractivity contribution in [3.8, 4) is 5.75 Å². The molecule has 0 radical (unpaired) electrons. The number of nitrogens with two attached hydrogens (primary N) is 1. The number of aromatic nitrogens is 1. The molecule has 0 aliphatic rings. The van der Waals surface area contributed by atoms with Crippen molar-refractivity contribution in [3.05, 3.63) is 40.7 Å². The number of ether oxygens (including phenoxy) is 1. The third-order valence-corrected chi connectivity index (χ3v) is 2.51.